The van der Waals surface area contributed by atoms with Gasteiger partial charge in [-0.05, 0) is 24.6 Å². The van der Waals surface area contributed by atoms with Gasteiger partial charge < -0.3 is 10.2 Å². The van der Waals surface area contributed by atoms with Crippen molar-refractivity contribution in [2.75, 3.05) is 23.3 Å². The van der Waals surface area contributed by atoms with Crippen LogP contribution < -0.4 is 10.2 Å². The van der Waals surface area contributed by atoms with Crippen LogP contribution in [0.1, 0.15) is 12.0 Å². The topological polar surface area (TPSA) is 58.4 Å². The predicted molar refractivity (Wildman–Crippen MR) is 93.8 cm³/mol. The molecule has 1 fully saturated rings. The van der Waals surface area contributed by atoms with Gasteiger partial charge in [-0.2, -0.15) is 13.2 Å². The van der Waals surface area contributed by atoms with Gasteiger partial charge >= 0.3 is 6.18 Å². The van der Waals surface area contributed by atoms with Crippen molar-refractivity contribution >= 4 is 28.7 Å². The number of nitro groups is 1. The smallest absolute Gasteiger partial charge is 0.380 e. The van der Waals surface area contributed by atoms with Gasteiger partial charge in [-0.3, -0.25) is 10.1 Å². The molecule has 0 saturated carbocycles. The summed E-state index contributed by atoms with van der Waals surface area (Å²) in [5.74, 6) is 0. The molecule has 0 aromatic heterocycles. The predicted octanol–water partition coefficient (Wildman–Crippen LogP) is 4.96. The molecule has 9 heteroatoms. The number of alkyl halides is 3. The number of nitrogens with zero attached hydrogens (tertiary/aromatic N) is 2. The van der Waals surface area contributed by atoms with Crippen molar-refractivity contribution in [1.82, 2.24) is 0 Å². The van der Waals surface area contributed by atoms with Crippen molar-refractivity contribution in [1.29, 1.82) is 0 Å². The van der Waals surface area contributed by atoms with Crippen LogP contribution in [0.4, 0.5) is 30.2 Å². The maximum Gasteiger partial charge on any atom is 0.418 e. The first-order valence-electron chi connectivity index (χ1n) is 7.87. The Kier molecular flexibility index (Phi) is 4.95. The minimum atomic E-state index is -4.75. The molecular formula is C17H15ClF3N3O2. The molecule has 138 valence electrons. The maximum atomic E-state index is 13.0. The SMILES string of the molecule is O=[N+]([O-])c1cc(C(F)(F)F)c(Cl)cc1N1CC[C@H](Nc2ccccc2)C1. The molecule has 1 saturated heterocycles. The first-order valence-corrected chi connectivity index (χ1v) is 8.25. The highest BCUT2D eigenvalue weighted by Crippen LogP contribution is 2.42. The summed E-state index contributed by atoms with van der Waals surface area (Å²) >= 11 is 5.75. The average molecular weight is 386 g/mol. The number of halogens is 4. The minimum absolute atomic E-state index is 0.0260. The fraction of sp³-hybridized carbons (Fsp3) is 0.294. The van der Waals surface area contributed by atoms with Gasteiger partial charge in [0.25, 0.3) is 5.69 Å². The molecule has 26 heavy (non-hydrogen) atoms. The van der Waals surface area contributed by atoms with E-state index in [2.05, 4.69) is 5.32 Å². The molecule has 1 heterocycles. The zero-order valence-corrected chi connectivity index (χ0v) is 14.2. The normalized spacial score (nSPS) is 17.4. The molecule has 1 aliphatic rings. The quantitative estimate of drug-likeness (QED) is 0.597. The van der Waals surface area contributed by atoms with Crippen LogP contribution in [0.2, 0.25) is 5.02 Å². The highest BCUT2D eigenvalue weighted by Gasteiger charge is 2.37. The summed E-state index contributed by atoms with van der Waals surface area (Å²) in [5, 5.41) is 14.1. The Morgan fingerprint density at radius 1 is 1.23 bits per heavy atom. The lowest BCUT2D eigenvalue weighted by atomic mass is 10.1. The monoisotopic (exact) mass is 385 g/mol. The summed E-state index contributed by atoms with van der Waals surface area (Å²) in [6.45, 7) is 0.907. The maximum absolute atomic E-state index is 13.0. The minimum Gasteiger partial charge on any atom is -0.380 e. The van der Waals surface area contributed by atoms with Crippen LogP contribution in [0.15, 0.2) is 42.5 Å². The fourth-order valence-corrected chi connectivity index (χ4v) is 3.30. The van der Waals surface area contributed by atoms with E-state index in [0.29, 0.717) is 25.6 Å². The zero-order valence-electron chi connectivity index (χ0n) is 13.5. The number of hydrogen-bond donors (Lipinski definition) is 1. The molecule has 2 aromatic rings. The van der Waals surface area contributed by atoms with Crippen LogP contribution in [-0.2, 0) is 6.18 Å². The number of hydrogen-bond acceptors (Lipinski definition) is 4. The number of nitro benzene ring substituents is 1. The molecule has 1 aliphatic heterocycles. The second kappa shape index (κ2) is 7.03. The van der Waals surface area contributed by atoms with Crippen LogP contribution in [-0.4, -0.2) is 24.1 Å². The highest BCUT2D eigenvalue weighted by molar-refractivity contribution is 6.31. The Bertz CT molecular complexity index is 815. The molecule has 0 radical (unpaired) electrons. The van der Waals surface area contributed by atoms with Crippen LogP contribution >= 0.6 is 11.6 Å². The van der Waals surface area contributed by atoms with Crippen molar-refractivity contribution in [3.63, 3.8) is 0 Å². The molecular weight excluding hydrogens is 371 g/mol. The van der Waals surface area contributed by atoms with E-state index in [1.54, 1.807) is 4.90 Å². The molecule has 3 rings (SSSR count). The number of nitrogens with one attached hydrogen (secondary N) is 1. The largest absolute Gasteiger partial charge is 0.418 e. The van der Waals surface area contributed by atoms with E-state index in [0.717, 1.165) is 11.8 Å². The van der Waals surface area contributed by atoms with Crippen molar-refractivity contribution < 1.29 is 18.1 Å². The van der Waals surface area contributed by atoms with Gasteiger partial charge in [0.05, 0.1) is 15.5 Å². The fourth-order valence-electron chi connectivity index (χ4n) is 3.04. The molecule has 1 atom stereocenters. The summed E-state index contributed by atoms with van der Waals surface area (Å²) in [4.78, 5) is 12.2. The number of para-hydroxylation sites is 1. The van der Waals surface area contributed by atoms with Crippen LogP contribution in [0.25, 0.3) is 0 Å². The van der Waals surface area contributed by atoms with E-state index in [-0.39, 0.29) is 11.7 Å². The Morgan fingerprint density at radius 3 is 2.54 bits per heavy atom. The van der Waals surface area contributed by atoms with E-state index in [9.17, 15) is 23.3 Å². The summed E-state index contributed by atoms with van der Waals surface area (Å²) in [5.41, 5.74) is -0.778. The van der Waals surface area contributed by atoms with Crippen molar-refractivity contribution in [3.05, 3.63) is 63.2 Å². The molecule has 1 N–H and O–H groups in total. The van der Waals surface area contributed by atoms with Crippen LogP contribution in [0, 0.1) is 10.1 Å². The molecule has 0 amide bonds. The van der Waals surface area contributed by atoms with Gasteiger partial charge in [0.1, 0.15) is 5.69 Å². The molecule has 0 aliphatic carbocycles. The molecule has 5 nitrogen and oxygen atoms in total. The van der Waals surface area contributed by atoms with Gasteiger partial charge in [-0.25, -0.2) is 0 Å². The lowest BCUT2D eigenvalue weighted by molar-refractivity contribution is -0.384. The van der Waals surface area contributed by atoms with E-state index in [1.807, 2.05) is 30.3 Å². The lowest BCUT2D eigenvalue weighted by Gasteiger charge is -2.21. The Hall–Kier alpha value is -2.48. The van der Waals surface area contributed by atoms with Gasteiger partial charge in [-0.15, -0.1) is 0 Å². The van der Waals surface area contributed by atoms with Gasteiger partial charge in [0.15, 0.2) is 0 Å². The number of benzene rings is 2. The van der Waals surface area contributed by atoms with Crippen LogP contribution in [0.5, 0.6) is 0 Å². The molecule has 0 bridgehead atoms. The summed E-state index contributed by atoms with van der Waals surface area (Å²) in [7, 11) is 0. The summed E-state index contributed by atoms with van der Waals surface area (Å²) in [6, 6.07) is 11.0. The van der Waals surface area contributed by atoms with E-state index >= 15 is 0 Å². The van der Waals surface area contributed by atoms with Gasteiger partial charge in [0.2, 0.25) is 0 Å². The third kappa shape index (κ3) is 3.85. The van der Waals surface area contributed by atoms with Gasteiger partial charge in [-0.1, -0.05) is 29.8 Å². The second-order valence-corrected chi connectivity index (χ2v) is 6.42. The summed E-state index contributed by atoms with van der Waals surface area (Å²) in [6.07, 6.45) is -4.05. The number of anilines is 2. The third-order valence-corrected chi connectivity index (χ3v) is 4.55. The Labute approximate surface area is 152 Å². The zero-order chi connectivity index (χ0) is 18.9. The summed E-state index contributed by atoms with van der Waals surface area (Å²) < 4.78 is 38.9. The molecule has 0 unspecified atom stereocenters. The first-order chi connectivity index (χ1) is 12.3. The van der Waals surface area contributed by atoms with E-state index in [4.69, 9.17) is 11.6 Å². The van der Waals surface area contributed by atoms with E-state index < -0.39 is 27.4 Å². The Balaban J connectivity index is 1.85. The standard InChI is InChI=1S/C17H15ClF3N3O2/c18-14-9-15(16(24(25)26)8-13(14)17(19,20)21)23-7-6-12(10-23)22-11-4-2-1-3-5-11/h1-5,8-9,12,22H,6-7,10H2/t12-/m0/s1. The van der Waals surface area contributed by atoms with E-state index in [1.165, 1.54) is 0 Å². The lowest BCUT2D eigenvalue weighted by Crippen LogP contribution is -2.26. The van der Waals surface area contributed by atoms with Crippen LogP contribution in [0.3, 0.4) is 0 Å². The molecule has 0 spiro atoms. The van der Waals surface area contributed by atoms with Crippen molar-refractivity contribution in [2.24, 2.45) is 0 Å². The third-order valence-electron chi connectivity index (χ3n) is 4.24. The highest BCUT2D eigenvalue weighted by atomic mass is 35.5. The van der Waals surface area contributed by atoms with Crippen molar-refractivity contribution in [3.8, 4) is 0 Å². The van der Waals surface area contributed by atoms with Crippen molar-refractivity contribution in [2.45, 2.75) is 18.6 Å². The number of rotatable bonds is 4. The van der Waals surface area contributed by atoms with Gasteiger partial charge in [0, 0.05) is 30.9 Å². The Morgan fingerprint density at radius 2 is 1.92 bits per heavy atom. The first kappa shape index (κ1) is 18.3. The average Bonchev–Trinajstić information content (AvgIpc) is 3.02. The second-order valence-electron chi connectivity index (χ2n) is 6.02. The molecule has 2 aromatic carbocycles.